The number of carbonyl (C=O) groups excluding carboxylic acids is 2. The average Bonchev–Trinajstić information content (AvgIpc) is 2.65. The molecule has 0 aliphatic heterocycles. The van der Waals surface area contributed by atoms with Gasteiger partial charge in [-0.1, -0.05) is 30.1 Å². The van der Waals surface area contributed by atoms with Crippen LogP contribution in [0.5, 0.6) is 11.5 Å². The molecule has 1 atom stereocenters. The normalized spacial score (nSPS) is 11.4. The van der Waals surface area contributed by atoms with Gasteiger partial charge < -0.3 is 9.47 Å². The zero-order chi connectivity index (χ0) is 19.8. The Bertz CT molecular complexity index is 797. The highest BCUT2D eigenvalue weighted by molar-refractivity contribution is 6.35. The molecule has 0 heterocycles. The number of hydrogen-bond acceptors (Lipinski definition) is 4. The molecule has 2 aromatic carbocycles. The van der Waals surface area contributed by atoms with Crippen LogP contribution in [0.3, 0.4) is 0 Å². The van der Waals surface area contributed by atoms with Gasteiger partial charge in [-0.25, -0.2) is 0 Å². The number of halogens is 2. The summed E-state index contributed by atoms with van der Waals surface area (Å²) in [5.41, 5.74) is 4.97. The molecule has 0 saturated carbocycles. The van der Waals surface area contributed by atoms with Gasteiger partial charge in [0.25, 0.3) is 11.8 Å². The van der Waals surface area contributed by atoms with Gasteiger partial charge in [-0.05, 0) is 55.8 Å². The summed E-state index contributed by atoms with van der Waals surface area (Å²) in [5, 5.41) is 0.753. The van der Waals surface area contributed by atoms with E-state index in [1.165, 1.54) is 6.07 Å². The number of rotatable bonds is 7. The summed E-state index contributed by atoms with van der Waals surface area (Å²) in [5.74, 6) is 0.00618. The Morgan fingerprint density at radius 2 is 1.78 bits per heavy atom. The van der Waals surface area contributed by atoms with E-state index in [1.807, 2.05) is 13.8 Å². The van der Waals surface area contributed by atoms with Gasteiger partial charge in [0.15, 0.2) is 6.61 Å². The average molecular weight is 411 g/mol. The maximum Gasteiger partial charge on any atom is 0.276 e. The van der Waals surface area contributed by atoms with Crippen LogP contribution in [-0.4, -0.2) is 24.5 Å². The van der Waals surface area contributed by atoms with Gasteiger partial charge in [-0.3, -0.25) is 20.4 Å². The zero-order valence-electron chi connectivity index (χ0n) is 14.9. The molecule has 1 unspecified atom stereocenters. The summed E-state index contributed by atoms with van der Waals surface area (Å²) in [7, 11) is 0. The van der Waals surface area contributed by atoms with Gasteiger partial charge in [0, 0.05) is 10.6 Å². The number of hydrazine groups is 1. The first-order chi connectivity index (χ1) is 12.9. The monoisotopic (exact) mass is 410 g/mol. The van der Waals surface area contributed by atoms with Crippen LogP contribution in [0.2, 0.25) is 10.0 Å². The van der Waals surface area contributed by atoms with Gasteiger partial charge in [0.2, 0.25) is 0 Å². The molecule has 2 amide bonds. The van der Waals surface area contributed by atoms with E-state index in [9.17, 15) is 9.59 Å². The largest absolute Gasteiger partial charge is 0.491 e. The minimum atomic E-state index is -0.536. The van der Waals surface area contributed by atoms with Crippen molar-refractivity contribution in [2.45, 2.75) is 26.4 Å². The van der Waals surface area contributed by atoms with Crippen molar-refractivity contribution in [3.05, 3.63) is 58.1 Å². The van der Waals surface area contributed by atoms with Crippen molar-refractivity contribution in [1.82, 2.24) is 10.9 Å². The fourth-order valence-electron chi connectivity index (χ4n) is 1.97. The third-order valence-corrected chi connectivity index (χ3v) is 4.13. The van der Waals surface area contributed by atoms with E-state index in [4.69, 9.17) is 32.7 Å². The number of carbonyl (C=O) groups is 2. The Morgan fingerprint density at radius 3 is 2.41 bits per heavy atom. The highest BCUT2D eigenvalue weighted by Crippen LogP contribution is 2.27. The first-order valence-corrected chi connectivity index (χ1v) is 9.08. The molecule has 0 fully saturated rings. The Hall–Kier alpha value is -2.44. The predicted octanol–water partition coefficient (Wildman–Crippen LogP) is 4.01. The first kappa shape index (κ1) is 20.9. The second-order valence-corrected chi connectivity index (χ2v) is 6.57. The molecule has 2 aromatic rings. The fourth-order valence-corrected chi connectivity index (χ4v) is 2.43. The second kappa shape index (κ2) is 10.0. The molecule has 0 saturated heterocycles. The maximum atomic E-state index is 12.1. The molecular weight excluding hydrogens is 391 g/mol. The highest BCUT2D eigenvalue weighted by Gasteiger charge is 2.10. The van der Waals surface area contributed by atoms with Crippen LogP contribution in [0.15, 0.2) is 42.5 Å². The number of ether oxygens (including phenoxy) is 2. The van der Waals surface area contributed by atoms with Crippen molar-refractivity contribution in [3.63, 3.8) is 0 Å². The minimum Gasteiger partial charge on any atom is -0.491 e. The molecule has 0 bridgehead atoms. The molecule has 27 heavy (non-hydrogen) atoms. The molecule has 0 aliphatic rings. The molecule has 6 nitrogen and oxygen atoms in total. The van der Waals surface area contributed by atoms with Crippen LogP contribution in [0.1, 0.15) is 30.6 Å². The topological polar surface area (TPSA) is 76.7 Å². The molecular formula is C19H20Cl2N2O4. The summed E-state index contributed by atoms with van der Waals surface area (Å²) in [6.45, 7) is 3.68. The predicted molar refractivity (Wildman–Crippen MR) is 104 cm³/mol. The highest BCUT2D eigenvalue weighted by atomic mass is 35.5. The second-order valence-electron chi connectivity index (χ2n) is 5.73. The van der Waals surface area contributed by atoms with E-state index in [2.05, 4.69) is 10.9 Å². The Morgan fingerprint density at radius 1 is 1.07 bits per heavy atom. The lowest BCUT2D eigenvalue weighted by molar-refractivity contribution is -0.123. The SMILES string of the molecule is CCC(C)Oc1ccc(C(=O)NNC(=O)COc2ccc(Cl)cc2Cl)cc1. The molecule has 2 rings (SSSR count). The lowest BCUT2D eigenvalue weighted by Gasteiger charge is -2.13. The maximum absolute atomic E-state index is 12.1. The minimum absolute atomic E-state index is 0.0955. The van der Waals surface area contributed by atoms with Gasteiger partial charge >= 0.3 is 0 Å². The lowest BCUT2D eigenvalue weighted by atomic mass is 10.2. The van der Waals surface area contributed by atoms with Crippen molar-refractivity contribution >= 4 is 35.0 Å². The van der Waals surface area contributed by atoms with E-state index in [0.717, 1.165) is 6.42 Å². The van der Waals surface area contributed by atoms with Crippen molar-refractivity contribution < 1.29 is 19.1 Å². The Balaban J connectivity index is 1.79. The van der Waals surface area contributed by atoms with Crippen LogP contribution in [0.25, 0.3) is 0 Å². The third-order valence-electron chi connectivity index (χ3n) is 3.60. The van der Waals surface area contributed by atoms with E-state index in [-0.39, 0.29) is 12.7 Å². The van der Waals surface area contributed by atoms with E-state index in [0.29, 0.717) is 27.1 Å². The number of hydrogen-bond donors (Lipinski definition) is 2. The molecule has 0 spiro atoms. The van der Waals surface area contributed by atoms with Gasteiger partial charge in [0.1, 0.15) is 11.5 Å². The van der Waals surface area contributed by atoms with Gasteiger partial charge in [0.05, 0.1) is 11.1 Å². The Kier molecular flexibility index (Phi) is 7.76. The van der Waals surface area contributed by atoms with Crippen LogP contribution in [-0.2, 0) is 4.79 Å². The molecule has 0 aromatic heterocycles. The number of amides is 2. The van der Waals surface area contributed by atoms with Crippen LogP contribution >= 0.6 is 23.2 Å². The van der Waals surface area contributed by atoms with Crippen LogP contribution in [0, 0.1) is 0 Å². The standard InChI is InChI=1S/C19H20Cl2N2O4/c1-3-12(2)27-15-7-4-13(5-8-15)19(25)23-22-18(24)11-26-17-9-6-14(20)10-16(17)21/h4-10,12H,3,11H2,1-2H3,(H,22,24)(H,23,25). The van der Waals surface area contributed by atoms with Crippen LogP contribution in [0.4, 0.5) is 0 Å². The summed E-state index contributed by atoms with van der Waals surface area (Å²) in [4.78, 5) is 23.9. The van der Waals surface area contributed by atoms with Crippen molar-refractivity contribution in [3.8, 4) is 11.5 Å². The smallest absolute Gasteiger partial charge is 0.276 e. The van der Waals surface area contributed by atoms with Crippen molar-refractivity contribution in [2.24, 2.45) is 0 Å². The fraction of sp³-hybridized carbons (Fsp3) is 0.263. The molecule has 8 heteroatoms. The van der Waals surface area contributed by atoms with E-state index < -0.39 is 11.8 Å². The first-order valence-electron chi connectivity index (χ1n) is 8.32. The van der Waals surface area contributed by atoms with E-state index in [1.54, 1.807) is 36.4 Å². The summed E-state index contributed by atoms with van der Waals surface area (Å²) in [6.07, 6.45) is 0.982. The summed E-state index contributed by atoms with van der Waals surface area (Å²) < 4.78 is 10.9. The molecule has 2 N–H and O–H groups in total. The molecule has 0 aliphatic carbocycles. The third kappa shape index (κ3) is 6.66. The van der Waals surface area contributed by atoms with Gasteiger partial charge in [-0.2, -0.15) is 0 Å². The molecule has 0 radical (unpaired) electrons. The van der Waals surface area contributed by atoms with E-state index >= 15 is 0 Å². The van der Waals surface area contributed by atoms with Crippen molar-refractivity contribution in [1.29, 1.82) is 0 Å². The summed E-state index contributed by atoms with van der Waals surface area (Å²) >= 11 is 11.7. The molecule has 144 valence electrons. The van der Waals surface area contributed by atoms with Crippen LogP contribution < -0.4 is 20.3 Å². The van der Waals surface area contributed by atoms with Gasteiger partial charge in [-0.15, -0.1) is 0 Å². The quantitative estimate of drug-likeness (QED) is 0.675. The van der Waals surface area contributed by atoms with Crippen molar-refractivity contribution in [2.75, 3.05) is 6.61 Å². The Labute approximate surface area is 167 Å². The number of nitrogens with one attached hydrogen (secondary N) is 2. The zero-order valence-corrected chi connectivity index (χ0v) is 16.4. The summed E-state index contributed by atoms with van der Waals surface area (Å²) in [6, 6.07) is 11.3. The number of benzene rings is 2. The lowest BCUT2D eigenvalue weighted by Crippen LogP contribution is -2.43.